The molecule has 4 aromatic rings. The number of aliphatic imine (C=N–C) groups is 1. The van der Waals surface area contributed by atoms with Crippen molar-refractivity contribution in [3.05, 3.63) is 101 Å². The normalized spacial score (nSPS) is 11.8. The molecule has 0 aliphatic rings. The number of aromatic nitrogens is 3. The predicted octanol–water partition coefficient (Wildman–Crippen LogP) is 4.82. The van der Waals surface area contributed by atoms with Crippen LogP contribution in [0.1, 0.15) is 54.6 Å². The van der Waals surface area contributed by atoms with Gasteiger partial charge in [0.1, 0.15) is 11.4 Å². The molecule has 0 radical (unpaired) electrons. The van der Waals surface area contributed by atoms with E-state index in [-0.39, 0.29) is 17.2 Å². The lowest BCUT2D eigenvalue weighted by atomic mass is 10.1. The minimum Gasteiger partial charge on any atom is -0.377 e. The van der Waals surface area contributed by atoms with Crippen LogP contribution in [0.3, 0.4) is 0 Å². The molecule has 1 aromatic carbocycles. The number of amidine groups is 1. The topological polar surface area (TPSA) is 134 Å². The van der Waals surface area contributed by atoms with Crippen LogP contribution in [0.25, 0.3) is 12.2 Å². The van der Waals surface area contributed by atoms with Crippen LogP contribution >= 0.6 is 0 Å². The van der Waals surface area contributed by atoms with E-state index in [4.69, 9.17) is 0 Å². The van der Waals surface area contributed by atoms with Crippen LogP contribution in [0.5, 0.6) is 0 Å². The fourth-order valence-electron chi connectivity index (χ4n) is 4.49. The first-order valence-corrected chi connectivity index (χ1v) is 14.1. The molecule has 0 fully saturated rings. The lowest BCUT2D eigenvalue weighted by molar-refractivity contribution is -0.137. The number of pyridine rings is 1. The number of amides is 3. The fraction of sp³-hybridized carbons (Fsp3) is 0.219. The number of carbonyl (C=O) groups excluding carboxylic acids is 3. The summed E-state index contributed by atoms with van der Waals surface area (Å²) in [5, 5.41) is 11.3. The smallest absolute Gasteiger partial charge is 0.377 e. The summed E-state index contributed by atoms with van der Waals surface area (Å²) in [7, 11) is 6.77. The van der Waals surface area contributed by atoms with Gasteiger partial charge in [0, 0.05) is 59.7 Å². The summed E-state index contributed by atoms with van der Waals surface area (Å²) in [6, 6.07) is 11.1. The Morgan fingerprint density at radius 1 is 0.891 bits per heavy atom. The van der Waals surface area contributed by atoms with Crippen molar-refractivity contribution >= 4 is 47.1 Å². The molecular weight excluding hydrogens is 601 g/mol. The van der Waals surface area contributed by atoms with Gasteiger partial charge < -0.3 is 30.4 Å². The number of alkyl halides is 3. The van der Waals surface area contributed by atoms with E-state index in [1.807, 2.05) is 0 Å². The van der Waals surface area contributed by atoms with E-state index in [1.165, 1.54) is 30.5 Å². The molecule has 3 aromatic heterocycles. The average molecular weight is 635 g/mol. The molecule has 0 saturated carbocycles. The molecule has 46 heavy (non-hydrogen) atoms. The van der Waals surface area contributed by atoms with Crippen molar-refractivity contribution in [2.24, 2.45) is 19.1 Å². The second kappa shape index (κ2) is 14.4. The third-order valence-corrected chi connectivity index (χ3v) is 6.91. The van der Waals surface area contributed by atoms with Gasteiger partial charge in [0.05, 0.1) is 34.0 Å². The van der Waals surface area contributed by atoms with Gasteiger partial charge in [-0.1, -0.05) is 18.2 Å². The molecule has 0 atom stereocenters. The minimum absolute atomic E-state index is 0.241. The van der Waals surface area contributed by atoms with Crippen molar-refractivity contribution in [1.29, 1.82) is 0 Å². The van der Waals surface area contributed by atoms with E-state index in [0.29, 0.717) is 41.3 Å². The average Bonchev–Trinajstić information content (AvgIpc) is 3.58. The monoisotopic (exact) mass is 634 g/mol. The number of rotatable bonds is 10. The second-order valence-electron chi connectivity index (χ2n) is 10.2. The van der Waals surface area contributed by atoms with E-state index >= 15 is 0 Å². The Bertz CT molecular complexity index is 1790. The van der Waals surface area contributed by atoms with Gasteiger partial charge in [-0.2, -0.15) is 13.2 Å². The summed E-state index contributed by atoms with van der Waals surface area (Å²) in [5.41, 5.74) is 1.71. The van der Waals surface area contributed by atoms with Gasteiger partial charge in [0.15, 0.2) is 0 Å². The van der Waals surface area contributed by atoms with Gasteiger partial charge in [-0.15, -0.1) is 0 Å². The largest absolute Gasteiger partial charge is 0.416 e. The zero-order valence-corrected chi connectivity index (χ0v) is 25.6. The highest BCUT2D eigenvalue weighted by Crippen LogP contribution is 2.30. The summed E-state index contributed by atoms with van der Waals surface area (Å²) in [6.45, 7) is 0.387. The van der Waals surface area contributed by atoms with E-state index < -0.39 is 23.6 Å². The Balaban J connectivity index is 1.35. The van der Waals surface area contributed by atoms with Crippen LogP contribution in [-0.4, -0.2) is 58.3 Å². The molecule has 0 spiro atoms. The number of nitrogens with zero attached hydrogens (tertiary/aromatic N) is 4. The Kier molecular flexibility index (Phi) is 10.4. The SMILES string of the molecule is C/N=C(/CCNC(=O)c1cc(NC(=O)c2cc(NC(=O)c3ccc(/C=C/c4cccc(C(F)(F)F)c4)nc3)cn2C)cn1C)NC. The number of aryl methyl sites for hydroxylation is 2. The highest BCUT2D eigenvalue weighted by atomic mass is 19.4. The molecule has 3 heterocycles. The zero-order chi connectivity index (χ0) is 33.4. The molecule has 240 valence electrons. The van der Waals surface area contributed by atoms with Crippen LogP contribution in [0.4, 0.5) is 24.5 Å². The maximum atomic E-state index is 13.0. The van der Waals surface area contributed by atoms with Crippen molar-refractivity contribution in [2.45, 2.75) is 12.6 Å². The molecule has 11 nitrogen and oxygen atoms in total. The van der Waals surface area contributed by atoms with Crippen LogP contribution in [0, 0.1) is 0 Å². The number of carbonyl (C=O) groups is 3. The first-order chi connectivity index (χ1) is 21.9. The number of nitrogens with one attached hydrogen (secondary N) is 4. The summed E-state index contributed by atoms with van der Waals surface area (Å²) >= 11 is 0. The number of hydrogen-bond donors (Lipinski definition) is 4. The molecule has 4 N–H and O–H groups in total. The Morgan fingerprint density at radius 2 is 1.54 bits per heavy atom. The summed E-state index contributed by atoms with van der Waals surface area (Å²) < 4.78 is 42.0. The van der Waals surface area contributed by atoms with Crippen LogP contribution in [0.15, 0.2) is 72.1 Å². The Hall–Kier alpha value is -5.66. The van der Waals surface area contributed by atoms with Gasteiger partial charge >= 0.3 is 6.18 Å². The number of anilines is 2. The molecule has 0 unspecified atom stereocenters. The van der Waals surface area contributed by atoms with Crippen LogP contribution < -0.4 is 21.3 Å². The molecule has 0 bridgehead atoms. The van der Waals surface area contributed by atoms with Crippen molar-refractivity contribution < 1.29 is 27.6 Å². The molecule has 0 aliphatic heterocycles. The minimum atomic E-state index is -4.44. The zero-order valence-electron chi connectivity index (χ0n) is 25.6. The molecule has 4 rings (SSSR count). The molecule has 14 heteroatoms. The van der Waals surface area contributed by atoms with Crippen molar-refractivity contribution in [1.82, 2.24) is 24.8 Å². The molecule has 3 amide bonds. The fourth-order valence-corrected chi connectivity index (χ4v) is 4.49. The number of benzene rings is 1. The van der Waals surface area contributed by atoms with Gasteiger partial charge in [-0.25, -0.2) is 0 Å². The first-order valence-electron chi connectivity index (χ1n) is 14.1. The van der Waals surface area contributed by atoms with Gasteiger partial charge in [-0.05, 0) is 48.0 Å². The lowest BCUT2D eigenvalue weighted by Gasteiger charge is -2.07. The quantitative estimate of drug-likeness (QED) is 0.147. The standard InChI is InChI=1S/C32H33F3N8O3/c1-36-28(37-2)12-13-38-30(45)26-15-25(19-42(26)3)41-31(46)27-16-24(18-43(27)4)40-29(44)21-9-11-23(39-17-21)10-8-20-6-5-7-22(14-20)32(33,34)35/h5-11,14-19H,12-13H2,1-4H3,(H,36,37)(H,38,45)(H,40,44)(H,41,46)/b10-8+. The predicted molar refractivity (Wildman–Crippen MR) is 171 cm³/mol. The van der Waals surface area contributed by atoms with Crippen LogP contribution in [0.2, 0.25) is 0 Å². The number of hydrogen-bond acceptors (Lipinski definition) is 5. The molecule has 0 saturated heterocycles. The Labute approximate surface area is 263 Å². The molecule has 0 aliphatic carbocycles. The summed E-state index contributed by atoms with van der Waals surface area (Å²) in [4.78, 5) is 46.8. The van der Waals surface area contributed by atoms with E-state index in [2.05, 4.69) is 31.2 Å². The van der Waals surface area contributed by atoms with E-state index in [1.54, 1.807) is 74.0 Å². The Morgan fingerprint density at radius 3 is 2.13 bits per heavy atom. The lowest BCUT2D eigenvalue weighted by Crippen LogP contribution is -2.30. The maximum Gasteiger partial charge on any atom is 0.416 e. The van der Waals surface area contributed by atoms with Crippen molar-refractivity contribution in [3.8, 4) is 0 Å². The van der Waals surface area contributed by atoms with Crippen molar-refractivity contribution in [3.63, 3.8) is 0 Å². The maximum absolute atomic E-state index is 13.0. The molecular formula is C32H33F3N8O3. The first kappa shape index (κ1) is 33.2. The van der Waals surface area contributed by atoms with E-state index in [0.717, 1.165) is 18.0 Å². The van der Waals surface area contributed by atoms with Gasteiger partial charge in [-0.3, -0.25) is 24.4 Å². The highest BCUT2D eigenvalue weighted by Gasteiger charge is 2.30. The summed E-state index contributed by atoms with van der Waals surface area (Å²) in [6.07, 6.45) is 3.70. The van der Waals surface area contributed by atoms with E-state index in [9.17, 15) is 27.6 Å². The van der Waals surface area contributed by atoms with Crippen molar-refractivity contribution in [2.75, 3.05) is 31.3 Å². The third-order valence-electron chi connectivity index (χ3n) is 6.91. The van der Waals surface area contributed by atoms with Gasteiger partial charge in [0.25, 0.3) is 17.7 Å². The number of halogens is 3. The highest BCUT2D eigenvalue weighted by molar-refractivity contribution is 6.07. The third kappa shape index (κ3) is 8.49. The summed E-state index contributed by atoms with van der Waals surface area (Å²) in [5.74, 6) is -0.454. The van der Waals surface area contributed by atoms with Gasteiger partial charge in [0.2, 0.25) is 0 Å². The second-order valence-corrected chi connectivity index (χ2v) is 10.2. The van der Waals surface area contributed by atoms with Crippen LogP contribution in [-0.2, 0) is 20.3 Å².